The van der Waals surface area contributed by atoms with E-state index in [1.165, 1.54) is 12.5 Å². The summed E-state index contributed by atoms with van der Waals surface area (Å²) in [5, 5.41) is 0. The van der Waals surface area contributed by atoms with Gasteiger partial charge in [0.05, 0.1) is 6.33 Å². The second-order valence-electron chi connectivity index (χ2n) is 1.38. The molecule has 0 aliphatic carbocycles. The molecule has 0 saturated carbocycles. The van der Waals surface area contributed by atoms with Crippen molar-refractivity contribution in [2.45, 2.75) is 0 Å². The van der Waals surface area contributed by atoms with Gasteiger partial charge in [-0.25, -0.2) is 4.98 Å². The number of nitrogens with zero attached hydrogens (tertiary/aromatic N) is 1. The molecule has 0 amide bonds. The number of imidazole rings is 1. The van der Waals surface area contributed by atoms with E-state index < -0.39 is 0 Å². The van der Waals surface area contributed by atoms with Crippen LogP contribution in [0.25, 0.3) is 0 Å². The van der Waals surface area contributed by atoms with Gasteiger partial charge in [0.15, 0.2) is 5.78 Å². The maximum atomic E-state index is 10.3. The van der Waals surface area contributed by atoms with Crippen molar-refractivity contribution in [3.05, 3.63) is 25.1 Å². The lowest BCUT2D eigenvalue weighted by Crippen LogP contribution is -1.90. The second-order valence-corrected chi connectivity index (χ2v) is 1.38. The number of hydrogen-bond donors (Lipinski definition) is 1. The van der Waals surface area contributed by atoms with Crippen molar-refractivity contribution in [2.24, 2.45) is 0 Å². The average Bonchev–Trinajstić information content (AvgIpc) is 2.12. The van der Waals surface area contributed by atoms with Gasteiger partial charge in [0.25, 0.3) is 0 Å². The van der Waals surface area contributed by atoms with Gasteiger partial charge in [-0.05, 0) is 0 Å². The Bertz CT molecular complexity index is 178. The van der Waals surface area contributed by atoms with Gasteiger partial charge < -0.3 is 4.98 Å². The number of H-pyrrole nitrogens is 1. The predicted molar refractivity (Wildman–Crippen MR) is 28.3 cm³/mol. The molecule has 1 aromatic heterocycles. The topological polar surface area (TPSA) is 45.8 Å². The minimum atomic E-state index is -0.258. The summed E-state index contributed by atoms with van der Waals surface area (Å²) in [5.74, 6) is -0.258. The second kappa shape index (κ2) is 1.78. The highest BCUT2D eigenvalue weighted by molar-refractivity contribution is 5.97. The fourth-order valence-electron chi connectivity index (χ4n) is 0.413. The van der Waals surface area contributed by atoms with Crippen LogP contribution >= 0.6 is 0 Å². The molecule has 8 heavy (non-hydrogen) atoms. The molecule has 3 heteroatoms. The molecule has 0 aliphatic rings. The van der Waals surface area contributed by atoms with Crippen molar-refractivity contribution in [3.63, 3.8) is 0 Å². The zero-order valence-electron chi connectivity index (χ0n) is 4.22. The number of aromatic nitrogens is 2. The van der Waals surface area contributed by atoms with E-state index in [2.05, 4.69) is 16.9 Å². The number of ketones is 1. The smallest absolute Gasteiger partial charge is 0.183 e. The van der Waals surface area contributed by atoms with Crippen LogP contribution in [0.3, 0.4) is 0 Å². The number of hydrogen-bond acceptors (Lipinski definition) is 2. The molecule has 1 radical (unpaired) electrons. The molecule has 0 unspecified atom stereocenters. The number of rotatable bonds is 1. The third-order valence-corrected chi connectivity index (χ3v) is 0.784. The van der Waals surface area contributed by atoms with Gasteiger partial charge in [0, 0.05) is 13.1 Å². The first-order valence-corrected chi connectivity index (χ1v) is 2.16. The van der Waals surface area contributed by atoms with Crippen LogP contribution in [-0.2, 0) is 0 Å². The highest BCUT2D eigenvalue weighted by Crippen LogP contribution is 1.88. The van der Waals surface area contributed by atoms with E-state index in [1.54, 1.807) is 0 Å². The third kappa shape index (κ3) is 0.753. The Hall–Kier alpha value is -1.12. The summed E-state index contributed by atoms with van der Waals surface area (Å²) in [6.07, 6.45) is 2.95. The predicted octanol–water partition coefficient (Wildman–Crippen LogP) is 0.426. The first-order chi connectivity index (χ1) is 3.80. The number of nitrogens with one attached hydrogen (secondary N) is 1. The standard InChI is InChI=1S/C5H5N2O/c1-4(8)5-2-6-3-7-5/h2-3H,1H2,(H,6,7). The average molecular weight is 109 g/mol. The Balaban J connectivity index is 2.93. The summed E-state index contributed by atoms with van der Waals surface area (Å²) in [6, 6.07) is 0. The Morgan fingerprint density at radius 2 is 2.62 bits per heavy atom. The molecule has 0 aliphatic heterocycles. The zero-order valence-corrected chi connectivity index (χ0v) is 4.22. The molecular formula is C5H5N2O. The van der Waals surface area contributed by atoms with Gasteiger partial charge in [0.2, 0.25) is 0 Å². The quantitative estimate of drug-likeness (QED) is 0.531. The molecule has 41 valence electrons. The van der Waals surface area contributed by atoms with E-state index in [0.717, 1.165) is 0 Å². The normalized spacial score (nSPS) is 9.12. The van der Waals surface area contributed by atoms with E-state index in [-0.39, 0.29) is 5.78 Å². The van der Waals surface area contributed by atoms with Gasteiger partial charge in [-0.15, -0.1) is 0 Å². The lowest BCUT2D eigenvalue weighted by molar-refractivity contribution is 0.104. The fourth-order valence-corrected chi connectivity index (χ4v) is 0.413. The van der Waals surface area contributed by atoms with E-state index >= 15 is 0 Å². The fraction of sp³-hybridized carbons (Fsp3) is 0. The minimum Gasteiger partial charge on any atom is -0.350 e. The van der Waals surface area contributed by atoms with Gasteiger partial charge in [-0.2, -0.15) is 0 Å². The summed E-state index contributed by atoms with van der Waals surface area (Å²) >= 11 is 0. The molecule has 1 N–H and O–H groups in total. The molecule has 1 heterocycles. The van der Waals surface area contributed by atoms with Crippen molar-refractivity contribution in [1.29, 1.82) is 0 Å². The van der Waals surface area contributed by atoms with Gasteiger partial charge in [0.1, 0.15) is 5.69 Å². The van der Waals surface area contributed by atoms with Gasteiger partial charge in [-0.3, -0.25) is 4.79 Å². The SMILES string of the molecule is [CH2]C(=O)c1c[nH]cn1. The molecule has 0 saturated heterocycles. The summed E-state index contributed by atoms with van der Waals surface area (Å²) < 4.78 is 0. The van der Waals surface area contributed by atoms with E-state index in [9.17, 15) is 4.79 Å². The molecule has 0 fully saturated rings. The maximum absolute atomic E-state index is 10.3. The van der Waals surface area contributed by atoms with Crippen molar-refractivity contribution in [2.75, 3.05) is 0 Å². The Labute approximate surface area is 46.8 Å². The van der Waals surface area contributed by atoms with Crippen LogP contribution in [0.1, 0.15) is 10.5 Å². The highest BCUT2D eigenvalue weighted by atomic mass is 16.1. The van der Waals surface area contributed by atoms with E-state index in [1.807, 2.05) is 0 Å². The van der Waals surface area contributed by atoms with Gasteiger partial charge in [-0.1, -0.05) is 0 Å². The lowest BCUT2D eigenvalue weighted by atomic mass is 10.3. The lowest BCUT2D eigenvalue weighted by Gasteiger charge is -1.77. The number of carbonyl (C=O) groups excluding carboxylic acids is 1. The van der Waals surface area contributed by atoms with Crippen LogP contribution in [0.2, 0.25) is 0 Å². The molecule has 1 aromatic rings. The number of aromatic amines is 1. The van der Waals surface area contributed by atoms with E-state index in [0.29, 0.717) is 5.69 Å². The Kier molecular flexibility index (Phi) is 1.12. The molecular weight excluding hydrogens is 104 g/mol. The van der Waals surface area contributed by atoms with Crippen LogP contribution in [0, 0.1) is 6.92 Å². The molecule has 0 spiro atoms. The first kappa shape index (κ1) is 5.03. The number of Topliss-reactive ketones (excluding diaryl/α,β-unsaturated/α-hetero) is 1. The molecule has 0 aromatic carbocycles. The zero-order chi connectivity index (χ0) is 5.98. The van der Waals surface area contributed by atoms with Gasteiger partial charge >= 0.3 is 0 Å². The monoisotopic (exact) mass is 109 g/mol. The molecule has 0 atom stereocenters. The largest absolute Gasteiger partial charge is 0.350 e. The summed E-state index contributed by atoms with van der Waals surface area (Å²) in [5.41, 5.74) is 0.380. The van der Waals surface area contributed by atoms with Crippen molar-refractivity contribution in [3.8, 4) is 0 Å². The molecule has 1 rings (SSSR count). The van der Waals surface area contributed by atoms with Crippen molar-refractivity contribution >= 4 is 5.78 Å². The molecule has 3 nitrogen and oxygen atoms in total. The summed E-state index contributed by atoms with van der Waals surface area (Å²) in [7, 11) is 0. The van der Waals surface area contributed by atoms with Crippen LogP contribution in [-0.4, -0.2) is 15.8 Å². The van der Waals surface area contributed by atoms with Crippen molar-refractivity contribution in [1.82, 2.24) is 9.97 Å². The first-order valence-electron chi connectivity index (χ1n) is 2.16. The molecule has 0 bridgehead atoms. The summed E-state index contributed by atoms with van der Waals surface area (Å²) in [6.45, 7) is 3.16. The van der Waals surface area contributed by atoms with Crippen LogP contribution in [0.15, 0.2) is 12.5 Å². The Morgan fingerprint density at radius 3 is 2.88 bits per heavy atom. The number of carbonyl (C=O) groups is 1. The minimum absolute atomic E-state index is 0.258. The van der Waals surface area contributed by atoms with Crippen LogP contribution in [0.4, 0.5) is 0 Å². The third-order valence-electron chi connectivity index (χ3n) is 0.784. The Morgan fingerprint density at radius 1 is 1.88 bits per heavy atom. The van der Waals surface area contributed by atoms with E-state index in [4.69, 9.17) is 0 Å². The highest BCUT2D eigenvalue weighted by Gasteiger charge is 1.96. The van der Waals surface area contributed by atoms with Crippen LogP contribution in [0.5, 0.6) is 0 Å². The van der Waals surface area contributed by atoms with Crippen LogP contribution < -0.4 is 0 Å². The summed E-state index contributed by atoms with van der Waals surface area (Å²) in [4.78, 5) is 16.6. The maximum Gasteiger partial charge on any atom is 0.183 e. The van der Waals surface area contributed by atoms with Crippen molar-refractivity contribution < 1.29 is 4.79 Å².